The van der Waals surface area contributed by atoms with Gasteiger partial charge in [0.05, 0.1) is 17.2 Å². The van der Waals surface area contributed by atoms with Crippen LogP contribution in [0.1, 0.15) is 37.7 Å². The summed E-state index contributed by atoms with van der Waals surface area (Å²) in [6.45, 7) is 5.08. The van der Waals surface area contributed by atoms with Crippen LogP contribution in [-0.4, -0.2) is 53.9 Å². The maximum atomic E-state index is 12.6. The number of anilines is 1. The Morgan fingerprint density at radius 2 is 2.00 bits per heavy atom. The van der Waals surface area contributed by atoms with E-state index in [1.165, 1.54) is 6.42 Å². The highest BCUT2D eigenvalue weighted by molar-refractivity contribution is 5.96. The van der Waals surface area contributed by atoms with E-state index in [1.54, 1.807) is 13.2 Å². The largest absolute Gasteiger partial charge is 0.380 e. The maximum absolute atomic E-state index is 12.6. The Hall–Kier alpha value is -2.74. The number of nitrogens with one attached hydrogen (secondary N) is 2. The van der Waals surface area contributed by atoms with E-state index >= 15 is 0 Å². The molecule has 182 valence electrons. The quantitative estimate of drug-likeness (QED) is 0.458. The van der Waals surface area contributed by atoms with E-state index in [2.05, 4.69) is 20.4 Å². The Balaban J connectivity index is 0.00000324. The molecule has 2 aromatic carbocycles. The van der Waals surface area contributed by atoms with Gasteiger partial charge in [-0.25, -0.2) is 5.10 Å². The first-order chi connectivity index (χ1) is 16.0. The number of ether oxygens (including phenoxy) is 1. The molecule has 2 N–H and O–H groups in total. The summed E-state index contributed by atoms with van der Waals surface area (Å²) in [7, 11) is 1.78. The number of aromatic amines is 1. The molecule has 0 bridgehead atoms. The van der Waals surface area contributed by atoms with Crippen LogP contribution in [0.4, 0.5) is 5.69 Å². The van der Waals surface area contributed by atoms with Gasteiger partial charge in [0, 0.05) is 36.7 Å². The van der Waals surface area contributed by atoms with E-state index in [0.717, 1.165) is 61.1 Å². The molecule has 1 aromatic heterocycles. The van der Waals surface area contributed by atoms with Gasteiger partial charge >= 0.3 is 0 Å². The number of carbonyl (C=O) groups is 1. The predicted molar refractivity (Wildman–Crippen MR) is 139 cm³/mol. The van der Waals surface area contributed by atoms with Crippen molar-refractivity contribution in [1.82, 2.24) is 15.1 Å². The molecule has 0 radical (unpaired) electrons. The third-order valence-corrected chi connectivity index (χ3v) is 6.40. The molecule has 0 spiro atoms. The lowest BCUT2D eigenvalue weighted by molar-refractivity contribution is -0.116. The third kappa shape index (κ3) is 6.23. The van der Waals surface area contributed by atoms with E-state index in [1.807, 2.05) is 43.3 Å². The van der Waals surface area contributed by atoms with Crippen molar-refractivity contribution in [3.63, 3.8) is 0 Å². The van der Waals surface area contributed by atoms with Gasteiger partial charge in [-0.15, -0.1) is 12.4 Å². The molecule has 0 saturated carbocycles. The Labute approximate surface area is 206 Å². The van der Waals surface area contributed by atoms with Crippen LogP contribution in [0.15, 0.2) is 47.3 Å². The van der Waals surface area contributed by atoms with Crippen LogP contribution in [0.5, 0.6) is 0 Å². The second-order valence-corrected chi connectivity index (χ2v) is 8.78. The van der Waals surface area contributed by atoms with Crippen LogP contribution in [-0.2, 0) is 9.53 Å². The van der Waals surface area contributed by atoms with Crippen molar-refractivity contribution in [2.75, 3.05) is 32.1 Å². The Bertz CT molecular complexity index is 1180. The minimum atomic E-state index is -0.211. The van der Waals surface area contributed by atoms with Gasteiger partial charge in [0.1, 0.15) is 0 Å². The molecule has 1 saturated heterocycles. The van der Waals surface area contributed by atoms with Crippen LogP contribution >= 0.6 is 12.4 Å². The van der Waals surface area contributed by atoms with Gasteiger partial charge in [-0.2, -0.15) is 5.10 Å². The minimum Gasteiger partial charge on any atom is -0.380 e. The molecular formula is C26H33ClN4O3. The summed E-state index contributed by atoms with van der Waals surface area (Å²) in [5.74, 6) is 0.0166. The van der Waals surface area contributed by atoms with Crippen molar-refractivity contribution in [2.24, 2.45) is 0 Å². The van der Waals surface area contributed by atoms with Crippen molar-refractivity contribution >= 4 is 34.8 Å². The van der Waals surface area contributed by atoms with Crippen LogP contribution in [0.3, 0.4) is 0 Å². The minimum absolute atomic E-state index is 0. The highest BCUT2D eigenvalue weighted by Crippen LogP contribution is 2.28. The molecule has 1 fully saturated rings. The molecule has 4 rings (SSSR count). The fourth-order valence-corrected chi connectivity index (χ4v) is 4.48. The van der Waals surface area contributed by atoms with E-state index in [0.29, 0.717) is 23.6 Å². The van der Waals surface area contributed by atoms with E-state index in [4.69, 9.17) is 4.74 Å². The highest BCUT2D eigenvalue weighted by atomic mass is 35.5. The SMILES string of the molecule is COC1CCCN(CCCCC(=O)Nc2cc(-c3n[nH]c(=O)c4ccccc34)ccc2C)C1.Cl. The van der Waals surface area contributed by atoms with Crippen molar-refractivity contribution in [2.45, 2.75) is 45.1 Å². The van der Waals surface area contributed by atoms with Crippen molar-refractivity contribution in [3.05, 3.63) is 58.4 Å². The van der Waals surface area contributed by atoms with E-state index in [9.17, 15) is 9.59 Å². The van der Waals surface area contributed by atoms with Gasteiger partial charge in [-0.3, -0.25) is 9.59 Å². The zero-order valence-corrected chi connectivity index (χ0v) is 20.6. The standard InChI is InChI=1S/C26H32N4O3.ClH/c1-18-12-13-19(25-21-9-3-4-10-22(21)26(32)29-28-25)16-23(18)27-24(31)11-5-6-14-30-15-7-8-20(17-30)33-2;/h3-4,9-10,12-13,16,20H,5-8,11,14-15,17H2,1-2H3,(H,27,31)(H,29,32);1H. The summed E-state index contributed by atoms with van der Waals surface area (Å²) in [4.78, 5) is 27.1. The number of piperidine rings is 1. The Morgan fingerprint density at radius 1 is 1.21 bits per heavy atom. The third-order valence-electron chi connectivity index (χ3n) is 6.40. The van der Waals surface area contributed by atoms with Crippen molar-refractivity contribution in [3.8, 4) is 11.3 Å². The van der Waals surface area contributed by atoms with Gasteiger partial charge in [-0.1, -0.05) is 30.3 Å². The van der Waals surface area contributed by atoms with E-state index in [-0.39, 0.29) is 23.9 Å². The first kappa shape index (κ1) is 25.9. The molecule has 1 aliphatic heterocycles. The topological polar surface area (TPSA) is 87.3 Å². The second-order valence-electron chi connectivity index (χ2n) is 8.78. The van der Waals surface area contributed by atoms with Gasteiger partial charge in [0.2, 0.25) is 5.91 Å². The molecule has 1 unspecified atom stereocenters. The number of methoxy groups -OCH3 is 1. The number of hydrogen-bond donors (Lipinski definition) is 2. The normalized spacial score (nSPS) is 16.2. The summed E-state index contributed by atoms with van der Waals surface area (Å²) in [5, 5.41) is 11.3. The number of amides is 1. The van der Waals surface area contributed by atoms with Crippen LogP contribution in [0, 0.1) is 6.92 Å². The predicted octanol–water partition coefficient (Wildman–Crippen LogP) is 4.54. The Kier molecular flexibility index (Phi) is 9.21. The molecule has 7 nitrogen and oxygen atoms in total. The lowest BCUT2D eigenvalue weighted by Crippen LogP contribution is -2.39. The van der Waals surface area contributed by atoms with Gasteiger partial charge < -0.3 is 15.0 Å². The number of hydrogen-bond acceptors (Lipinski definition) is 5. The number of aryl methyl sites for hydroxylation is 1. The van der Waals surface area contributed by atoms with Gasteiger partial charge in [0.15, 0.2) is 0 Å². The van der Waals surface area contributed by atoms with Crippen LogP contribution in [0.25, 0.3) is 22.0 Å². The zero-order valence-electron chi connectivity index (χ0n) is 19.8. The summed E-state index contributed by atoms with van der Waals surface area (Å²) >= 11 is 0. The number of aromatic nitrogens is 2. The Morgan fingerprint density at radius 3 is 2.79 bits per heavy atom. The van der Waals surface area contributed by atoms with Crippen molar-refractivity contribution in [1.29, 1.82) is 0 Å². The summed E-state index contributed by atoms with van der Waals surface area (Å²) < 4.78 is 5.49. The lowest BCUT2D eigenvalue weighted by Gasteiger charge is -2.31. The smallest absolute Gasteiger partial charge is 0.272 e. The molecule has 2 heterocycles. The zero-order chi connectivity index (χ0) is 23.2. The first-order valence-corrected chi connectivity index (χ1v) is 11.7. The lowest BCUT2D eigenvalue weighted by atomic mass is 10.0. The monoisotopic (exact) mass is 484 g/mol. The number of H-pyrrole nitrogens is 1. The van der Waals surface area contributed by atoms with Gasteiger partial charge in [-0.05, 0) is 63.4 Å². The summed E-state index contributed by atoms with van der Waals surface area (Å²) in [5.41, 5.74) is 3.09. The second kappa shape index (κ2) is 12.1. The molecule has 1 atom stereocenters. The number of benzene rings is 2. The number of likely N-dealkylation sites (tertiary alicyclic amines) is 1. The number of nitrogens with zero attached hydrogens (tertiary/aromatic N) is 2. The number of fused-ring (bicyclic) bond motifs is 1. The average Bonchev–Trinajstić information content (AvgIpc) is 2.84. The number of rotatable bonds is 8. The fourth-order valence-electron chi connectivity index (χ4n) is 4.48. The maximum Gasteiger partial charge on any atom is 0.272 e. The number of halogens is 1. The summed E-state index contributed by atoms with van der Waals surface area (Å²) in [6, 6.07) is 13.3. The van der Waals surface area contributed by atoms with Crippen LogP contribution < -0.4 is 10.9 Å². The fraction of sp³-hybridized carbons (Fsp3) is 0.423. The van der Waals surface area contributed by atoms with Gasteiger partial charge in [0.25, 0.3) is 5.56 Å². The molecule has 1 amide bonds. The van der Waals surface area contributed by atoms with Crippen LogP contribution in [0.2, 0.25) is 0 Å². The molecule has 34 heavy (non-hydrogen) atoms. The molecule has 8 heteroatoms. The average molecular weight is 485 g/mol. The molecular weight excluding hydrogens is 452 g/mol. The molecule has 1 aliphatic rings. The number of unbranched alkanes of at least 4 members (excludes halogenated alkanes) is 1. The van der Waals surface area contributed by atoms with Crippen molar-refractivity contribution < 1.29 is 9.53 Å². The first-order valence-electron chi connectivity index (χ1n) is 11.7. The molecule has 3 aromatic rings. The summed E-state index contributed by atoms with van der Waals surface area (Å²) in [6.07, 6.45) is 4.99. The number of carbonyl (C=O) groups excluding carboxylic acids is 1. The molecule has 0 aliphatic carbocycles. The van der Waals surface area contributed by atoms with E-state index < -0.39 is 0 Å². The highest BCUT2D eigenvalue weighted by Gasteiger charge is 2.19.